The van der Waals surface area contributed by atoms with Crippen LogP contribution in [-0.2, 0) is 11.3 Å². The molecule has 1 N–H and O–H groups in total. The maximum Gasteiger partial charge on any atom is 0.437 e. The largest absolute Gasteiger partial charge is 0.437 e. The lowest BCUT2D eigenvalue weighted by molar-refractivity contribution is -0.123. The van der Waals surface area contributed by atoms with Crippen molar-refractivity contribution in [1.29, 1.82) is 0 Å². The highest BCUT2D eigenvalue weighted by Gasteiger charge is 2.23. The van der Waals surface area contributed by atoms with E-state index in [0.29, 0.717) is 11.5 Å². The fourth-order valence-electron chi connectivity index (χ4n) is 3.03. The minimum absolute atomic E-state index is 0.0684. The van der Waals surface area contributed by atoms with Gasteiger partial charge in [-0.05, 0) is 43.0 Å². The number of amides is 1. The van der Waals surface area contributed by atoms with E-state index in [1.54, 1.807) is 0 Å². The van der Waals surface area contributed by atoms with E-state index in [0.717, 1.165) is 23.9 Å². The number of halogens is 1. The van der Waals surface area contributed by atoms with Gasteiger partial charge in [0.15, 0.2) is 0 Å². The summed E-state index contributed by atoms with van der Waals surface area (Å²) in [6.45, 7) is 1.94. The standard InChI is InChI=1S/C17H20FN3O3/c1-11-4-2-3-5-14(11)19-15(22)10-21-17(23)24-16(20-21)12-6-8-13(18)9-7-12/h6-9,11,14H,2-5,10H2,1H3,(H,19,22)/t11-,14-/m1/s1. The molecule has 1 aromatic heterocycles. The molecule has 1 aliphatic carbocycles. The summed E-state index contributed by atoms with van der Waals surface area (Å²) in [7, 11) is 0. The summed E-state index contributed by atoms with van der Waals surface area (Å²) in [6.07, 6.45) is 4.36. The van der Waals surface area contributed by atoms with Gasteiger partial charge in [-0.2, -0.15) is 4.68 Å². The molecule has 2 aromatic rings. The zero-order valence-electron chi connectivity index (χ0n) is 13.5. The van der Waals surface area contributed by atoms with Gasteiger partial charge in [-0.1, -0.05) is 19.8 Å². The molecule has 0 unspecified atom stereocenters. The molecule has 7 heteroatoms. The number of carbonyl (C=O) groups excluding carboxylic acids is 1. The van der Waals surface area contributed by atoms with Gasteiger partial charge in [0.25, 0.3) is 0 Å². The number of hydrogen-bond donors (Lipinski definition) is 1. The second kappa shape index (κ2) is 6.98. The number of benzene rings is 1. The third-order valence-electron chi connectivity index (χ3n) is 4.45. The molecule has 0 aliphatic heterocycles. The van der Waals surface area contributed by atoms with Crippen LogP contribution in [0.3, 0.4) is 0 Å². The van der Waals surface area contributed by atoms with Crippen molar-refractivity contribution >= 4 is 5.91 Å². The number of hydrogen-bond acceptors (Lipinski definition) is 4. The number of nitrogens with one attached hydrogen (secondary N) is 1. The number of carbonyl (C=O) groups is 1. The smallest absolute Gasteiger partial charge is 0.388 e. The summed E-state index contributed by atoms with van der Waals surface area (Å²) in [5.74, 6) is -0.845. The van der Waals surface area contributed by atoms with Crippen LogP contribution in [0.25, 0.3) is 11.5 Å². The number of rotatable bonds is 4. The second-order valence-corrected chi connectivity index (χ2v) is 6.27. The van der Waals surface area contributed by atoms with Crippen LogP contribution in [0.15, 0.2) is 33.5 Å². The maximum atomic E-state index is 12.9. The molecule has 1 heterocycles. The quantitative estimate of drug-likeness (QED) is 0.931. The summed E-state index contributed by atoms with van der Waals surface area (Å²) < 4.78 is 19.0. The van der Waals surface area contributed by atoms with Crippen molar-refractivity contribution in [2.24, 2.45) is 5.92 Å². The lowest BCUT2D eigenvalue weighted by Crippen LogP contribution is -2.43. The van der Waals surface area contributed by atoms with Gasteiger partial charge in [-0.15, -0.1) is 5.10 Å². The molecule has 24 heavy (non-hydrogen) atoms. The molecule has 1 amide bonds. The maximum absolute atomic E-state index is 12.9. The summed E-state index contributed by atoms with van der Waals surface area (Å²) in [4.78, 5) is 24.0. The van der Waals surface area contributed by atoms with Gasteiger partial charge in [0.2, 0.25) is 11.8 Å². The van der Waals surface area contributed by atoms with Crippen molar-refractivity contribution in [2.45, 2.75) is 45.2 Å². The van der Waals surface area contributed by atoms with E-state index in [9.17, 15) is 14.0 Å². The first-order chi connectivity index (χ1) is 11.5. The van der Waals surface area contributed by atoms with Crippen LogP contribution < -0.4 is 11.1 Å². The molecule has 1 saturated carbocycles. The summed E-state index contributed by atoms with van der Waals surface area (Å²) in [5, 5.41) is 6.99. The average Bonchev–Trinajstić information content (AvgIpc) is 2.91. The van der Waals surface area contributed by atoms with Crippen LogP contribution in [0, 0.1) is 11.7 Å². The van der Waals surface area contributed by atoms with Crippen molar-refractivity contribution < 1.29 is 13.6 Å². The van der Waals surface area contributed by atoms with Crippen molar-refractivity contribution in [3.05, 3.63) is 40.6 Å². The van der Waals surface area contributed by atoms with Gasteiger partial charge in [-0.25, -0.2) is 9.18 Å². The van der Waals surface area contributed by atoms with Crippen LogP contribution in [0.4, 0.5) is 4.39 Å². The Morgan fingerprint density at radius 2 is 2.04 bits per heavy atom. The molecule has 0 saturated heterocycles. The van der Waals surface area contributed by atoms with Crippen molar-refractivity contribution in [3.63, 3.8) is 0 Å². The van der Waals surface area contributed by atoms with E-state index in [1.165, 1.54) is 30.7 Å². The predicted molar refractivity (Wildman–Crippen MR) is 85.7 cm³/mol. The van der Waals surface area contributed by atoms with E-state index in [2.05, 4.69) is 17.3 Å². The summed E-state index contributed by atoms with van der Waals surface area (Å²) >= 11 is 0. The van der Waals surface area contributed by atoms with Gasteiger partial charge in [0.1, 0.15) is 12.4 Å². The highest BCUT2D eigenvalue weighted by atomic mass is 19.1. The van der Waals surface area contributed by atoms with Crippen LogP contribution in [0.2, 0.25) is 0 Å². The molecule has 3 rings (SSSR count). The molecular formula is C17H20FN3O3. The van der Waals surface area contributed by atoms with E-state index >= 15 is 0 Å². The number of aromatic nitrogens is 2. The third kappa shape index (κ3) is 3.72. The summed E-state index contributed by atoms with van der Waals surface area (Å²) in [6, 6.07) is 5.59. The Morgan fingerprint density at radius 3 is 2.75 bits per heavy atom. The zero-order chi connectivity index (χ0) is 17.1. The molecule has 0 radical (unpaired) electrons. The predicted octanol–water partition coefficient (Wildman–Crippen LogP) is 2.34. The Bertz CT molecular complexity index is 766. The van der Waals surface area contributed by atoms with E-state index in [1.807, 2.05) is 0 Å². The fraction of sp³-hybridized carbons (Fsp3) is 0.471. The summed E-state index contributed by atoms with van der Waals surface area (Å²) in [5.41, 5.74) is 0.480. The normalized spacial score (nSPS) is 20.8. The first-order valence-corrected chi connectivity index (χ1v) is 8.16. The van der Waals surface area contributed by atoms with Gasteiger partial charge < -0.3 is 9.73 Å². The highest BCUT2D eigenvalue weighted by molar-refractivity contribution is 5.76. The Hall–Kier alpha value is -2.44. The van der Waals surface area contributed by atoms with E-state index < -0.39 is 5.76 Å². The molecule has 6 nitrogen and oxygen atoms in total. The van der Waals surface area contributed by atoms with Crippen molar-refractivity contribution in [3.8, 4) is 11.5 Å². The van der Waals surface area contributed by atoms with Gasteiger partial charge in [0.05, 0.1) is 0 Å². The van der Waals surface area contributed by atoms with Gasteiger partial charge in [-0.3, -0.25) is 4.79 Å². The second-order valence-electron chi connectivity index (χ2n) is 6.27. The van der Waals surface area contributed by atoms with Gasteiger partial charge >= 0.3 is 5.76 Å². The van der Waals surface area contributed by atoms with Gasteiger partial charge in [0, 0.05) is 11.6 Å². The topological polar surface area (TPSA) is 77.1 Å². The molecule has 0 bridgehead atoms. The van der Waals surface area contributed by atoms with Crippen LogP contribution in [-0.4, -0.2) is 21.7 Å². The fourth-order valence-corrected chi connectivity index (χ4v) is 3.03. The first kappa shape index (κ1) is 16.4. The average molecular weight is 333 g/mol. The third-order valence-corrected chi connectivity index (χ3v) is 4.45. The molecule has 1 aromatic carbocycles. The SMILES string of the molecule is C[C@@H]1CCCC[C@H]1NC(=O)Cn1nc(-c2ccc(F)cc2)oc1=O. The lowest BCUT2D eigenvalue weighted by Gasteiger charge is -2.29. The monoisotopic (exact) mass is 333 g/mol. The molecule has 1 fully saturated rings. The highest BCUT2D eigenvalue weighted by Crippen LogP contribution is 2.23. The molecular weight excluding hydrogens is 313 g/mol. The number of nitrogens with zero attached hydrogens (tertiary/aromatic N) is 2. The minimum Gasteiger partial charge on any atom is -0.388 e. The Morgan fingerprint density at radius 1 is 1.33 bits per heavy atom. The Labute approximate surface area is 138 Å². The molecule has 0 spiro atoms. The zero-order valence-corrected chi connectivity index (χ0v) is 13.5. The molecule has 1 aliphatic rings. The van der Waals surface area contributed by atoms with E-state index in [-0.39, 0.29) is 30.2 Å². The lowest BCUT2D eigenvalue weighted by atomic mass is 9.86. The Kier molecular flexibility index (Phi) is 4.78. The molecule has 128 valence electrons. The van der Waals surface area contributed by atoms with E-state index in [4.69, 9.17) is 4.42 Å². The Balaban J connectivity index is 1.68. The van der Waals surface area contributed by atoms with Crippen molar-refractivity contribution in [1.82, 2.24) is 15.1 Å². The molecule has 2 atom stereocenters. The van der Waals surface area contributed by atoms with Crippen molar-refractivity contribution in [2.75, 3.05) is 0 Å². The van der Waals surface area contributed by atoms with Crippen LogP contribution in [0.5, 0.6) is 0 Å². The minimum atomic E-state index is -0.707. The van der Waals surface area contributed by atoms with Crippen LogP contribution >= 0.6 is 0 Å². The first-order valence-electron chi connectivity index (χ1n) is 8.16. The van der Waals surface area contributed by atoms with Crippen LogP contribution in [0.1, 0.15) is 32.6 Å².